The molecule has 7 heteroatoms. The third-order valence-electron chi connectivity index (χ3n) is 3.21. The number of nitriles is 1. The second-order valence-electron chi connectivity index (χ2n) is 4.96. The number of thioether (sulfide) groups is 1. The zero-order valence-electron chi connectivity index (χ0n) is 12.4. The van der Waals surface area contributed by atoms with Crippen molar-refractivity contribution in [2.24, 2.45) is 0 Å². The van der Waals surface area contributed by atoms with Gasteiger partial charge in [0.05, 0.1) is 24.2 Å². The third kappa shape index (κ3) is 3.93. The zero-order valence-corrected chi connectivity index (χ0v) is 13.2. The first-order valence-corrected chi connectivity index (χ1v) is 7.77. The van der Waals surface area contributed by atoms with Crippen molar-refractivity contribution in [1.29, 1.82) is 5.26 Å². The lowest BCUT2D eigenvalue weighted by atomic mass is 10.3. The summed E-state index contributed by atoms with van der Waals surface area (Å²) in [5.41, 5.74) is 1.11. The minimum absolute atomic E-state index is 0.0490. The van der Waals surface area contributed by atoms with Crippen molar-refractivity contribution in [3.8, 4) is 6.07 Å². The molecule has 1 unspecified atom stereocenters. The van der Waals surface area contributed by atoms with Gasteiger partial charge < -0.3 is 9.64 Å². The largest absolute Gasteiger partial charge is 0.375 e. The Hall–Kier alpha value is -1.65. The van der Waals surface area contributed by atoms with Gasteiger partial charge in [0.15, 0.2) is 0 Å². The number of carbonyl (C=O) groups is 1. The van der Waals surface area contributed by atoms with Crippen LogP contribution >= 0.6 is 11.8 Å². The summed E-state index contributed by atoms with van der Waals surface area (Å²) in [6.45, 7) is 7.33. The Kier molecular flexibility index (Phi) is 5.15. The molecule has 21 heavy (non-hydrogen) atoms. The number of rotatable bonds is 3. The predicted molar refractivity (Wildman–Crippen MR) is 78.9 cm³/mol. The van der Waals surface area contributed by atoms with Crippen LogP contribution < -0.4 is 0 Å². The van der Waals surface area contributed by atoms with Crippen molar-refractivity contribution in [2.75, 3.05) is 25.4 Å². The molecule has 0 aromatic carbocycles. The van der Waals surface area contributed by atoms with E-state index in [4.69, 9.17) is 4.74 Å². The van der Waals surface area contributed by atoms with E-state index in [0.29, 0.717) is 41.8 Å². The molecule has 0 radical (unpaired) electrons. The first kappa shape index (κ1) is 15.7. The molecule has 2 rings (SSSR count). The molecule has 0 spiro atoms. The van der Waals surface area contributed by atoms with Crippen LogP contribution in [0.25, 0.3) is 0 Å². The van der Waals surface area contributed by atoms with Gasteiger partial charge >= 0.3 is 0 Å². The molecule has 0 N–H and O–H groups in total. The molecule has 0 saturated carbocycles. The van der Waals surface area contributed by atoms with E-state index in [0.717, 1.165) is 0 Å². The number of amides is 1. The summed E-state index contributed by atoms with van der Waals surface area (Å²) in [4.78, 5) is 22.5. The van der Waals surface area contributed by atoms with Crippen molar-refractivity contribution in [1.82, 2.24) is 14.9 Å². The molecule has 1 aliphatic rings. The Bertz CT molecular complexity index is 585. The minimum Gasteiger partial charge on any atom is -0.375 e. The van der Waals surface area contributed by atoms with Crippen LogP contribution in [0.4, 0.5) is 0 Å². The fourth-order valence-electron chi connectivity index (χ4n) is 2.18. The van der Waals surface area contributed by atoms with Crippen LogP contribution in [0.5, 0.6) is 0 Å². The Morgan fingerprint density at radius 1 is 1.52 bits per heavy atom. The van der Waals surface area contributed by atoms with Crippen LogP contribution in [0.3, 0.4) is 0 Å². The smallest absolute Gasteiger partial charge is 0.233 e. The minimum atomic E-state index is 0.0490. The van der Waals surface area contributed by atoms with E-state index in [2.05, 4.69) is 16.0 Å². The molecule has 1 atom stereocenters. The van der Waals surface area contributed by atoms with Crippen LogP contribution in [0, 0.1) is 25.2 Å². The van der Waals surface area contributed by atoms with E-state index in [9.17, 15) is 10.1 Å². The lowest BCUT2D eigenvalue weighted by Crippen LogP contribution is -2.45. The molecule has 1 aliphatic heterocycles. The molecule has 1 amide bonds. The molecule has 1 saturated heterocycles. The number of morpholine rings is 1. The standard InChI is InChI=1S/C14H18N4O2S/c1-9-7-18(4-5-20-9)13(19)8-21-14-12(6-15)10(2)16-11(3)17-14/h9H,4-5,7-8H2,1-3H3. The normalized spacial score (nSPS) is 18.4. The molecule has 0 aliphatic carbocycles. The molecule has 0 bridgehead atoms. The second kappa shape index (κ2) is 6.87. The Balaban J connectivity index is 2.03. The number of carbonyl (C=O) groups excluding carboxylic acids is 1. The highest BCUT2D eigenvalue weighted by Crippen LogP contribution is 2.22. The van der Waals surface area contributed by atoms with Crippen LogP contribution in [0.15, 0.2) is 5.03 Å². The topological polar surface area (TPSA) is 79.1 Å². The summed E-state index contributed by atoms with van der Waals surface area (Å²) in [5.74, 6) is 0.937. The highest BCUT2D eigenvalue weighted by atomic mass is 32.2. The SMILES string of the molecule is Cc1nc(C)c(C#N)c(SCC(=O)N2CCOC(C)C2)n1. The number of hydrogen-bond donors (Lipinski definition) is 0. The Labute approximate surface area is 128 Å². The van der Waals surface area contributed by atoms with Gasteiger partial charge in [0.25, 0.3) is 0 Å². The van der Waals surface area contributed by atoms with Gasteiger partial charge in [0.1, 0.15) is 22.5 Å². The van der Waals surface area contributed by atoms with Crippen LogP contribution in [-0.4, -0.2) is 52.3 Å². The highest BCUT2D eigenvalue weighted by molar-refractivity contribution is 8.00. The summed E-state index contributed by atoms with van der Waals surface area (Å²) in [7, 11) is 0. The van der Waals surface area contributed by atoms with Crippen molar-refractivity contribution in [3.05, 3.63) is 17.1 Å². The summed E-state index contributed by atoms with van der Waals surface area (Å²) >= 11 is 1.30. The predicted octanol–water partition coefficient (Wildman–Crippen LogP) is 1.30. The monoisotopic (exact) mass is 306 g/mol. The van der Waals surface area contributed by atoms with Crippen LogP contribution in [0.2, 0.25) is 0 Å². The van der Waals surface area contributed by atoms with Crippen LogP contribution in [-0.2, 0) is 9.53 Å². The number of ether oxygens (including phenoxy) is 1. The second-order valence-corrected chi connectivity index (χ2v) is 5.92. The van der Waals surface area contributed by atoms with E-state index in [-0.39, 0.29) is 17.8 Å². The maximum absolute atomic E-state index is 12.2. The lowest BCUT2D eigenvalue weighted by molar-refractivity contribution is -0.135. The van der Waals surface area contributed by atoms with Crippen LogP contribution in [0.1, 0.15) is 24.0 Å². The van der Waals surface area contributed by atoms with Crippen molar-refractivity contribution >= 4 is 17.7 Å². The van der Waals surface area contributed by atoms with Gasteiger partial charge in [-0.15, -0.1) is 0 Å². The first-order valence-electron chi connectivity index (χ1n) is 6.78. The van der Waals surface area contributed by atoms with E-state index in [1.54, 1.807) is 18.7 Å². The molecular formula is C14H18N4O2S. The van der Waals surface area contributed by atoms with Gasteiger partial charge in [-0.2, -0.15) is 5.26 Å². The van der Waals surface area contributed by atoms with Gasteiger partial charge in [-0.1, -0.05) is 11.8 Å². The lowest BCUT2D eigenvalue weighted by Gasteiger charge is -2.31. The van der Waals surface area contributed by atoms with Gasteiger partial charge in [0, 0.05) is 13.1 Å². The number of aromatic nitrogens is 2. The zero-order chi connectivity index (χ0) is 15.4. The van der Waals surface area contributed by atoms with E-state index >= 15 is 0 Å². The first-order chi connectivity index (χ1) is 10.0. The maximum Gasteiger partial charge on any atom is 0.233 e. The average molecular weight is 306 g/mol. The Morgan fingerprint density at radius 2 is 2.29 bits per heavy atom. The van der Waals surface area contributed by atoms with Gasteiger partial charge in [-0.25, -0.2) is 9.97 Å². The summed E-state index contributed by atoms with van der Waals surface area (Å²) in [6.07, 6.45) is 0.0749. The molecule has 1 fully saturated rings. The fraction of sp³-hybridized carbons (Fsp3) is 0.571. The summed E-state index contributed by atoms with van der Waals surface area (Å²) in [5, 5.41) is 9.76. The quantitative estimate of drug-likeness (QED) is 0.619. The molecule has 1 aromatic rings. The van der Waals surface area contributed by atoms with Crippen molar-refractivity contribution < 1.29 is 9.53 Å². The fourth-order valence-corrected chi connectivity index (χ4v) is 3.16. The van der Waals surface area contributed by atoms with Gasteiger partial charge in [0.2, 0.25) is 5.91 Å². The Morgan fingerprint density at radius 3 is 2.95 bits per heavy atom. The summed E-state index contributed by atoms with van der Waals surface area (Å²) in [6, 6.07) is 2.11. The van der Waals surface area contributed by atoms with E-state index in [1.165, 1.54) is 11.8 Å². The summed E-state index contributed by atoms with van der Waals surface area (Å²) < 4.78 is 5.42. The molecule has 2 heterocycles. The third-order valence-corrected chi connectivity index (χ3v) is 4.17. The van der Waals surface area contributed by atoms with Gasteiger partial charge in [-0.3, -0.25) is 4.79 Å². The molecule has 112 valence electrons. The molecule has 1 aromatic heterocycles. The highest BCUT2D eigenvalue weighted by Gasteiger charge is 2.22. The van der Waals surface area contributed by atoms with E-state index < -0.39 is 0 Å². The molecule has 6 nitrogen and oxygen atoms in total. The van der Waals surface area contributed by atoms with Gasteiger partial charge in [-0.05, 0) is 20.8 Å². The number of nitrogens with zero attached hydrogens (tertiary/aromatic N) is 4. The van der Waals surface area contributed by atoms with Crippen molar-refractivity contribution in [3.63, 3.8) is 0 Å². The molecular weight excluding hydrogens is 288 g/mol. The average Bonchev–Trinajstić information content (AvgIpc) is 2.44. The number of aryl methyl sites for hydroxylation is 2. The van der Waals surface area contributed by atoms with E-state index in [1.807, 2.05) is 6.92 Å². The van der Waals surface area contributed by atoms with Crippen molar-refractivity contribution in [2.45, 2.75) is 31.9 Å². The number of hydrogen-bond acceptors (Lipinski definition) is 6. The maximum atomic E-state index is 12.2.